The van der Waals surface area contributed by atoms with Gasteiger partial charge in [-0.15, -0.1) is 0 Å². The zero-order valence-electron chi connectivity index (χ0n) is 15.9. The first-order valence-electron chi connectivity index (χ1n) is 9.07. The van der Waals surface area contributed by atoms with Gasteiger partial charge in [-0.05, 0) is 37.6 Å². The molecule has 0 spiro atoms. The third kappa shape index (κ3) is 5.87. The van der Waals surface area contributed by atoms with Gasteiger partial charge in [-0.2, -0.15) is 8.42 Å². The maximum Gasteiger partial charge on any atom is 0.297 e. The molecule has 0 amide bonds. The van der Waals surface area contributed by atoms with Crippen LogP contribution >= 0.6 is 0 Å². The highest BCUT2D eigenvalue weighted by molar-refractivity contribution is 7.86. The smallest absolute Gasteiger partial charge is 0.297 e. The predicted molar refractivity (Wildman–Crippen MR) is 108 cm³/mol. The number of hydrogen-bond acceptors (Lipinski definition) is 5. The largest absolute Gasteiger partial charge is 0.346 e. The molecule has 3 rings (SSSR count). The summed E-state index contributed by atoms with van der Waals surface area (Å²) in [4.78, 5) is 0.126. The molecule has 1 aliphatic heterocycles. The average molecular weight is 400 g/mol. The average Bonchev–Trinajstić information content (AvgIpc) is 2.68. The molecule has 0 bridgehead atoms. The number of hydrogen-bond donors (Lipinski definition) is 0. The fraction of sp³-hybridized carbons (Fsp3) is 0.273. The van der Waals surface area contributed by atoms with Crippen molar-refractivity contribution in [2.45, 2.75) is 31.1 Å². The maximum atomic E-state index is 12.3. The molecule has 2 aromatic carbocycles. The van der Waals surface area contributed by atoms with Gasteiger partial charge in [0.15, 0.2) is 6.29 Å². The topological polar surface area (TPSA) is 61.8 Å². The molecule has 0 saturated carbocycles. The van der Waals surface area contributed by atoms with E-state index in [1.54, 1.807) is 18.2 Å². The molecule has 148 valence electrons. The number of benzene rings is 2. The molecule has 0 radical (unpaired) electrons. The number of rotatable bonds is 6. The zero-order chi connectivity index (χ0) is 20.0. The van der Waals surface area contributed by atoms with Crippen LogP contribution < -0.4 is 0 Å². The molecule has 1 aliphatic rings. The van der Waals surface area contributed by atoms with Gasteiger partial charge in [-0.25, -0.2) is 0 Å². The van der Waals surface area contributed by atoms with Crippen molar-refractivity contribution in [1.29, 1.82) is 0 Å². The van der Waals surface area contributed by atoms with Crippen molar-refractivity contribution in [2.24, 2.45) is 0 Å². The van der Waals surface area contributed by atoms with E-state index in [-0.39, 0.29) is 18.1 Å². The van der Waals surface area contributed by atoms with Gasteiger partial charge in [0.05, 0.1) is 18.1 Å². The van der Waals surface area contributed by atoms with E-state index in [4.69, 9.17) is 13.7 Å². The van der Waals surface area contributed by atoms with E-state index in [2.05, 4.69) is 12.1 Å². The Morgan fingerprint density at radius 3 is 2.07 bits per heavy atom. The molecule has 5 nitrogen and oxygen atoms in total. The molecule has 0 aromatic heterocycles. The zero-order valence-corrected chi connectivity index (χ0v) is 16.8. The first kappa shape index (κ1) is 20.5. The molecule has 0 atom stereocenters. The van der Waals surface area contributed by atoms with Gasteiger partial charge in [0.25, 0.3) is 10.1 Å². The standard InChI is InChI=1S/C22H24O5S/c1-17-7-11-19(12-8-17)5-3-4-6-22-25-15-20(16-26-22)27-28(23,24)21-13-9-18(2)10-14-21/h3-14,20,22H,15-16H2,1-2H3/b5-3+,6-4+. The van der Waals surface area contributed by atoms with E-state index in [9.17, 15) is 8.42 Å². The summed E-state index contributed by atoms with van der Waals surface area (Å²) >= 11 is 0. The summed E-state index contributed by atoms with van der Waals surface area (Å²) < 4.78 is 40.9. The van der Waals surface area contributed by atoms with Crippen molar-refractivity contribution in [2.75, 3.05) is 13.2 Å². The van der Waals surface area contributed by atoms with Crippen LogP contribution in [0.3, 0.4) is 0 Å². The van der Waals surface area contributed by atoms with Gasteiger partial charge < -0.3 is 9.47 Å². The molecule has 0 N–H and O–H groups in total. The minimum Gasteiger partial charge on any atom is -0.346 e. The Morgan fingerprint density at radius 1 is 0.893 bits per heavy atom. The van der Waals surface area contributed by atoms with E-state index in [1.165, 1.54) is 17.7 Å². The van der Waals surface area contributed by atoms with E-state index in [1.807, 2.05) is 44.2 Å². The first-order chi connectivity index (χ1) is 13.4. The van der Waals surface area contributed by atoms with Crippen LogP contribution in [0.25, 0.3) is 6.08 Å². The summed E-state index contributed by atoms with van der Waals surface area (Å²) in [6.07, 6.45) is 6.31. The van der Waals surface area contributed by atoms with Gasteiger partial charge in [-0.3, -0.25) is 4.18 Å². The van der Waals surface area contributed by atoms with Gasteiger partial charge in [-0.1, -0.05) is 65.8 Å². The van der Waals surface area contributed by atoms with Gasteiger partial charge in [0.1, 0.15) is 6.10 Å². The summed E-state index contributed by atoms with van der Waals surface area (Å²) in [7, 11) is -3.84. The van der Waals surface area contributed by atoms with E-state index in [0.717, 1.165) is 11.1 Å². The monoisotopic (exact) mass is 400 g/mol. The van der Waals surface area contributed by atoms with Gasteiger partial charge in [0.2, 0.25) is 0 Å². The van der Waals surface area contributed by atoms with Crippen LogP contribution in [0.4, 0.5) is 0 Å². The Morgan fingerprint density at radius 2 is 1.46 bits per heavy atom. The Kier molecular flexibility index (Phi) is 6.80. The second kappa shape index (κ2) is 9.30. The lowest BCUT2D eigenvalue weighted by atomic mass is 10.1. The quantitative estimate of drug-likeness (QED) is 0.541. The summed E-state index contributed by atoms with van der Waals surface area (Å²) in [5.41, 5.74) is 3.31. The fourth-order valence-electron chi connectivity index (χ4n) is 2.61. The molecular formula is C22H24O5S. The molecule has 1 saturated heterocycles. The van der Waals surface area contributed by atoms with Crippen molar-refractivity contribution in [3.63, 3.8) is 0 Å². The Hall–Kier alpha value is -2.25. The van der Waals surface area contributed by atoms with Crippen molar-refractivity contribution in [3.05, 3.63) is 83.4 Å². The Labute approximate surface area is 166 Å². The Balaban J connectivity index is 1.47. The molecule has 0 aliphatic carbocycles. The third-order valence-electron chi connectivity index (χ3n) is 4.21. The number of ether oxygens (including phenoxy) is 2. The SMILES string of the molecule is Cc1ccc(/C=C/C=C/C2OCC(OS(=O)(=O)c3ccc(C)cc3)CO2)cc1. The van der Waals surface area contributed by atoms with Crippen LogP contribution in [-0.2, 0) is 23.8 Å². The van der Waals surface area contributed by atoms with Crippen molar-refractivity contribution < 1.29 is 22.1 Å². The van der Waals surface area contributed by atoms with Crippen molar-refractivity contribution >= 4 is 16.2 Å². The van der Waals surface area contributed by atoms with Gasteiger partial charge >= 0.3 is 0 Å². The van der Waals surface area contributed by atoms with E-state index in [0.29, 0.717) is 0 Å². The molecule has 0 unspecified atom stereocenters. The summed E-state index contributed by atoms with van der Waals surface area (Å²) in [6, 6.07) is 14.7. The minimum absolute atomic E-state index is 0.126. The van der Waals surface area contributed by atoms with Gasteiger partial charge in [0, 0.05) is 0 Å². The highest BCUT2D eigenvalue weighted by Crippen LogP contribution is 2.18. The lowest BCUT2D eigenvalue weighted by Gasteiger charge is -2.27. The molecule has 1 fully saturated rings. The second-order valence-electron chi connectivity index (χ2n) is 6.68. The second-order valence-corrected chi connectivity index (χ2v) is 8.25. The first-order valence-corrected chi connectivity index (χ1v) is 10.5. The fourth-order valence-corrected chi connectivity index (χ4v) is 3.66. The minimum atomic E-state index is -3.84. The van der Waals surface area contributed by atoms with E-state index >= 15 is 0 Å². The van der Waals surface area contributed by atoms with Crippen molar-refractivity contribution in [1.82, 2.24) is 0 Å². The lowest BCUT2D eigenvalue weighted by Crippen LogP contribution is -2.37. The Bertz CT molecular complexity index is 920. The van der Waals surface area contributed by atoms with E-state index < -0.39 is 22.5 Å². The highest BCUT2D eigenvalue weighted by Gasteiger charge is 2.27. The lowest BCUT2D eigenvalue weighted by molar-refractivity contribution is -0.186. The van der Waals surface area contributed by atoms with Crippen LogP contribution in [0.1, 0.15) is 16.7 Å². The van der Waals surface area contributed by atoms with Crippen molar-refractivity contribution in [3.8, 4) is 0 Å². The summed E-state index contributed by atoms with van der Waals surface area (Å²) in [6.45, 7) is 4.22. The molecule has 1 heterocycles. The predicted octanol–water partition coefficient (Wildman–Crippen LogP) is 4.02. The van der Waals surface area contributed by atoms with Crippen LogP contribution in [0.15, 0.2) is 71.7 Å². The molecule has 28 heavy (non-hydrogen) atoms. The summed E-state index contributed by atoms with van der Waals surface area (Å²) in [5, 5.41) is 0. The third-order valence-corrected chi connectivity index (χ3v) is 5.59. The van der Waals surface area contributed by atoms with Crippen LogP contribution in [0.2, 0.25) is 0 Å². The number of aryl methyl sites for hydroxylation is 2. The summed E-state index contributed by atoms with van der Waals surface area (Å²) in [5.74, 6) is 0. The van der Waals surface area contributed by atoms with Crippen LogP contribution in [0, 0.1) is 13.8 Å². The molecule has 2 aromatic rings. The molecule has 6 heteroatoms. The van der Waals surface area contributed by atoms with Crippen LogP contribution in [-0.4, -0.2) is 34.0 Å². The number of allylic oxidation sites excluding steroid dienone is 2. The maximum absolute atomic E-state index is 12.3. The normalized spacial score (nSPS) is 20.8. The highest BCUT2D eigenvalue weighted by atomic mass is 32.2. The molecular weight excluding hydrogens is 376 g/mol. The van der Waals surface area contributed by atoms with Crippen LogP contribution in [0.5, 0.6) is 0 Å².